The molecule has 1 saturated carbocycles. The van der Waals surface area contributed by atoms with E-state index in [4.69, 9.17) is 13.0 Å². The van der Waals surface area contributed by atoms with Crippen molar-refractivity contribution in [1.82, 2.24) is 34.3 Å². The summed E-state index contributed by atoms with van der Waals surface area (Å²) in [5, 5.41) is 8.35. The minimum absolute atomic E-state index is 0.0777. The van der Waals surface area contributed by atoms with Gasteiger partial charge >= 0.3 is 6.09 Å². The molecule has 1 fully saturated rings. The molecule has 4 heterocycles. The Balaban J connectivity index is 1.31. The molecule has 0 N–H and O–H groups in total. The van der Waals surface area contributed by atoms with E-state index in [1.54, 1.807) is 15.8 Å². The van der Waals surface area contributed by atoms with Crippen LogP contribution >= 0.6 is 0 Å². The number of ether oxygens (including phenoxy) is 1. The van der Waals surface area contributed by atoms with Crippen LogP contribution in [0.5, 0.6) is 0 Å². The number of carbonyl (C=O) groups is 1. The topological polar surface area (TPSA) is 93.7 Å². The van der Waals surface area contributed by atoms with Gasteiger partial charge in [0.25, 0.3) is 0 Å². The second kappa shape index (κ2) is 10.4. The Morgan fingerprint density at radius 1 is 1.18 bits per heavy atom. The highest BCUT2D eigenvalue weighted by Crippen LogP contribution is 2.28. The second-order valence-electron chi connectivity index (χ2n) is 10.8. The predicted octanol–water partition coefficient (Wildman–Crippen LogP) is 4.64. The van der Waals surface area contributed by atoms with Gasteiger partial charge in [0, 0.05) is 52.9 Å². The molecule has 1 amide bonds. The third kappa shape index (κ3) is 6.12. The minimum Gasteiger partial charge on any atom is -0.444 e. The summed E-state index contributed by atoms with van der Waals surface area (Å²) < 4.78 is 55.2. The predicted molar refractivity (Wildman–Crippen MR) is 146 cm³/mol. The van der Waals surface area contributed by atoms with Gasteiger partial charge in [-0.2, -0.15) is 0 Å². The fourth-order valence-electron chi connectivity index (χ4n) is 4.36. The maximum atomic E-state index is 13.0. The Morgan fingerprint density at radius 2 is 2.03 bits per heavy atom. The standard InChI is InChI=1S/C28H36N8O2/c1-28(2,3)38-27(37)35(14-20-7-6-8-20)16-21-9-10-26-30-23(17-34(26)15-21)18-36-19-25(31-32-36)22-11-24(33(4)5)13-29-12-22/h9-13,15,17,19-20H,6-8,14,16,18H2,1-5H3/i4D3,5D3. The number of amides is 1. The summed E-state index contributed by atoms with van der Waals surface area (Å²) in [5.41, 5.74) is 2.57. The maximum absolute atomic E-state index is 13.0. The quantitative estimate of drug-likeness (QED) is 0.333. The molecule has 0 bridgehead atoms. The van der Waals surface area contributed by atoms with Crippen LogP contribution in [0.2, 0.25) is 0 Å². The highest BCUT2D eigenvalue weighted by molar-refractivity contribution is 5.68. The molecule has 0 atom stereocenters. The van der Waals surface area contributed by atoms with E-state index in [1.165, 1.54) is 24.9 Å². The molecule has 0 aliphatic heterocycles. The van der Waals surface area contributed by atoms with Crippen molar-refractivity contribution in [3.05, 3.63) is 60.4 Å². The molecule has 1 aliphatic carbocycles. The molecule has 5 rings (SSSR count). The number of imidazole rings is 1. The van der Waals surface area contributed by atoms with Crippen molar-refractivity contribution < 1.29 is 17.8 Å². The van der Waals surface area contributed by atoms with Crippen LogP contribution in [0.15, 0.2) is 49.2 Å². The molecule has 10 nitrogen and oxygen atoms in total. The Labute approximate surface area is 231 Å². The number of anilines is 1. The number of pyridine rings is 2. The second-order valence-corrected chi connectivity index (χ2v) is 10.8. The van der Waals surface area contributed by atoms with Crippen molar-refractivity contribution >= 4 is 17.4 Å². The first-order chi connectivity index (χ1) is 20.5. The number of rotatable bonds is 8. The molecular weight excluding hydrogens is 480 g/mol. The van der Waals surface area contributed by atoms with Crippen LogP contribution in [0.25, 0.3) is 16.9 Å². The summed E-state index contributed by atoms with van der Waals surface area (Å²) >= 11 is 0. The lowest BCUT2D eigenvalue weighted by atomic mass is 9.85. The normalized spacial score (nSPS) is 16.9. The number of fused-ring (bicyclic) bond motifs is 1. The van der Waals surface area contributed by atoms with Gasteiger partial charge in [-0.05, 0) is 57.2 Å². The summed E-state index contributed by atoms with van der Waals surface area (Å²) in [7, 11) is 0. The molecule has 0 unspecified atom stereocenters. The van der Waals surface area contributed by atoms with E-state index in [0.29, 0.717) is 41.7 Å². The van der Waals surface area contributed by atoms with E-state index in [1.807, 2.05) is 49.7 Å². The molecule has 0 aromatic carbocycles. The number of nitrogens with zero attached hydrogens (tertiary/aromatic N) is 8. The molecular formula is C28H36N8O2. The molecule has 200 valence electrons. The van der Waals surface area contributed by atoms with Gasteiger partial charge < -0.3 is 18.9 Å². The average molecular weight is 523 g/mol. The van der Waals surface area contributed by atoms with Crippen molar-refractivity contribution in [1.29, 1.82) is 0 Å². The van der Waals surface area contributed by atoms with Gasteiger partial charge in [0.1, 0.15) is 16.9 Å². The molecule has 10 heteroatoms. The Bertz CT molecular complexity index is 1610. The van der Waals surface area contributed by atoms with Gasteiger partial charge in [-0.3, -0.25) is 4.98 Å². The fraction of sp³-hybridized carbons (Fsp3) is 0.464. The highest BCUT2D eigenvalue weighted by Gasteiger charge is 2.27. The Morgan fingerprint density at radius 3 is 2.76 bits per heavy atom. The summed E-state index contributed by atoms with van der Waals surface area (Å²) in [6.45, 7) is 1.21. The lowest BCUT2D eigenvalue weighted by Crippen LogP contribution is -2.40. The van der Waals surface area contributed by atoms with Crippen LogP contribution in [0.1, 0.15) is 59.5 Å². The Hall–Kier alpha value is -3.95. The van der Waals surface area contributed by atoms with Crippen molar-refractivity contribution in [2.75, 3.05) is 25.4 Å². The number of hydrogen-bond donors (Lipinski definition) is 0. The molecule has 4 aromatic rings. The number of aromatic nitrogens is 6. The third-order valence-corrected chi connectivity index (χ3v) is 6.43. The number of hydrogen-bond acceptors (Lipinski definition) is 7. The lowest BCUT2D eigenvalue weighted by molar-refractivity contribution is 0.0173. The zero-order chi connectivity index (χ0) is 31.9. The highest BCUT2D eigenvalue weighted by atomic mass is 16.6. The molecule has 0 saturated heterocycles. The van der Waals surface area contributed by atoms with Gasteiger partial charge in [-0.1, -0.05) is 17.7 Å². The van der Waals surface area contributed by atoms with E-state index in [0.717, 1.165) is 29.7 Å². The summed E-state index contributed by atoms with van der Waals surface area (Å²) in [5.74, 6) is 0.499. The first kappa shape index (κ1) is 19.2. The van der Waals surface area contributed by atoms with Gasteiger partial charge in [0.05, 0.1) is 36.9 Å². The Kier molecular flexibility index (Phi) is 5.26. The van der Waals surface area contributed by atoms with Crippen LogP contribution in [0.4, 0.5) is 10.5 Å². The van der Waals surface area contributed by atoms with Gasteiger partial charge in [-0.25, -0.2) is 14.5 Å². The lowest BCUT2D eigenvalue weighted by Gasteiger charge is -2.33. The van der Waals surface area contributed by atoms with E-state index >= 15 is 0 Å². The zero-order valence-electron chi connectivity index (χ0n) is 27.8. The van der Waals surface area contributed by atoms with Crippen molar-refractivity contribution in [2.45, 2.75) is 58.7 Å². The van der Waals surface area contributed by atoms with Gasteiger partial charge in [-0.15, -0.1) is 5.10 Å². The monoisotopic (exact) mass is 522 g/mol. The average Bonchev–Trinajstić information content (AvgIpc) is 3.49. The molecule has 0 spiro atoms. The van der Waals surface area contributed by atoms with Crippen molar-refractivity contribution in [3.8, 4) is 11.3 Å². The van der Waals surface area contributed by atoms with Crippen LogP contribution in [-0.4, -0.2) is 66.5 Å². The minimum atomic E-state index is -2.89. The van der Waals surface area contributed by atoms with Crippen LogP contribution in [0, 0.1) is 5.92 Å². The molecule has 0 radical (unpaired) electrons. The molecule has 1 aliphatic rings. The zero-order valence-corrected chi connectivity index (χ0v) is 21.8. The van der Waals surface area contributed by atoms with Crippen LogP contribution in [-0.2, 0) is 17.8 Å². The smallest absolute Gasteiger partial charge is 0.410 e. The summed E-state index contributed by atoms with van der Waals surface area (Å²) in [6.07, 6.45) is 11.3. The van der Waals surface area contributed by atoms with E-state index in [-0.39, 0.29) is 11.8 Å². The van der Waals surface area contributed by atoms with Gasteiger partial charge in [0.2, 0.25) is 0 Å². The first-order valence-electron chi connectivity index (χ1n) is 15.7. The third-order valence-electron chi connectivity index (χ3n) is 6.43. The SMILES string of the molecule is [2H]C([2H])([2H])N(c1cncc(-c2cn(Cc3cn4cc(CN(CC5CCC5)C(=O)OC(C)(C)C)ccc4n3)nn2)c1)C([2H])([2H])[2H]. The largest absolute Gasteiger partial charge is 0.444 e. The van der Waals surface area contributed by atoms with Crippen molar-refractivity contribution in [2.24, 2.45) is 5.92 Å². The number of carbonyl (C=O) groups excluding carboxylic acids is 1. The van der Waals surface area contributed by atoms with Crippen molar-refractivity contribution in [3.63, 3.8) is 0 Å². The van der Waals surface area contributed by atoms with Crippen LogP contribution < -0.4 is 4.90 Å². The van der Waals surface area contributed by atoms with E-state index < -0.39 is 19.6 Å². The fourth-order valence-corrected chi connectivity index (χ4v) is 4.36. The summed E-state index contributed by atoms with van der Waals surface area (Å²) in [6, 6.07) is 5.28. The maximum Gasteiger partial charge on any atom is 0.410 e. The van der Waals surface area contributed by atoms with Gasteiger partial charge in [0.15, 0.2) is 0 Å². The molecule has 4 aromatic heterocycles. The summed E-state index contributed by atoms with van der Waals surface area (Å²) in [4.78, 5) is 23.9. The van der Waals surface area contributed by atoms with E-state index in [9.17, 15) is 4.79 Å². The van der Waals surface area contributed by atoms with E-state index in [2.05, 4.69) is 20.3 Å². The first-order valence-corrected chi connectivity index (χ1v) is 12.7. The van der Waals surface area contributed by atoms with Crippen LogP contribution in [0.3, 0.4) is 0 Å². The molecule has 38 heavy (non-hydrogen) atoms.